The fourth-order valence-electron chi connectivity index (χ4n) is 1.99. The van der Waals surface area contributed by atoms with Crippen LogP contribution in [0.25, 0.3) is 10.9 Å². The molecule has 0 fully saturated rings. The highest BCUT2D eigenvalue weighted by Crippen LogP contribution is 2.28. The van der Waals surface area contributed by atoms with E-state index in [1.807, 2.05) is 30.3 Å². The van der Waals surface area contributed by atoms with Crippen LogP contribution < -0.4 is 11.1 Å². The molecule has 94 valence electrons. The molecule has 1 aromatic carbocycles. The summed E-state index contributed by atoms with van der Waals surface area (Å²) in [5.74, 6) is 0. The number of hydrogen-bond acceptors (Lipinski definition) is 3. The lowest BCUT2D eigenvalue weighted by Gasteiger charge is -2.18. The zero-order valence-electron chi connectivity index (χ0n) is 10.1. The Morgan fingerprint density at radius 2 is 2.28 bits per heavy atom. The molecular weight excluding hydrogens is 246 g/mol. The van der Waals surface area contributed by atoms with E-state index < -0.39 is 0 Å². The molecule has 3 N–H and O–H groups in total. The van der Waals surface area contributed by atoms with E-state index in [-0.39, 0.29) is 6.04 Å². The van der Waals surface area contributed by atoms with Crippen molar-refractivity contribution in [2.45, 2.75) is 6.04 Å². The Bertz CT molecular complexity index is 554. The van der Waals surface area contributed by atoms with E-state index in [0.717, 1.165) is 16.5 Å². The van der Waals surface area contributed by atoms with Gasteiger partial charge >= 0.3 is 0 Å². The van der Waals surface area contributed by atoms with E-state index in [0.29, 0.717) is 18.1 Å². The van der Waals surface area contributed by atoms with Crippen LogP contribution in [0.15, 0.2) is 43.1 Å². The molecule has 2 rings (SSSR count). The SMILES string of the molecule is C=CCNC(CN)c1ccc(Cl)c2cccnc12. The molecule has 0 bridgehead atoms. The fourth-order valence-corrected chi connectivity index (χ4v) is 2.20. The van der Waals surface area contributed by atoms with Gasteiger partial charge in [-0.2, -0.15) is 0 Å². The standard InChI is InChI=1S/C14H16ClN3/c1-2-7-17-13(9-16)11-5-6-12(15)10-4-3-8-18-14(10)11/h2-6,8,13,17H,1,7,9,16H2. The van der Waals surface area contributed by atoms with Crippen LogP contribution in [0.2, 0.25) is 5.02 Å². The van der Waals surface area contributed by atoms with E-state index in [4.69, 9.17) is 17.3 Å². The summed E-state index contributed by atoms with van der Waals surface area (Å²) in [4.78, 5) is 4.41. The number of nitrogens with zero attached hydrogens (tertiary/aromatic N) is 1. The molecule has 0 aliphatic carbocycles. The first-order valence-electron chi connectivity index (χ1n) is 5.85. The summed E-state index contributed by atoms with van der Waals surface area (Å²) in [7, 11) is 0. The quantitative estimate of drug-likeness (QED) is 0.814. The van der Waals surface area contributed by atoms with Crippen molar-refractivity contribution in [3.05, 3.63) is 53.7 Å². The third kappa shape index (κ3) is 2.53. The van der Waals surface area contributed by atoms with Crippen molar-refractivity contribution in [1.29, 1.82) is 0 Å². The normalized spacial score (nSPS) is 12.6. The minimum Gasteiger partial charge on any atom is -0.329 e. The minimum absolute atomic E-state index is 0.0534. The van der Waals surface area contributed by atoms with Gasteiger partial charge in [0.1, 0.15) is 0 Å². The van der Waals surface area contributed by atoms with Crippen LogP contribution in [0.1, 0.15) is 11.6 Å². The van der Waals surface area contributed by atoms with Gasteiger partial charge in [-0.05, 0) is 23.8 Å². The number of halogens is 1. The highest BCUT2D eigenvalue weighted by Gasteiger charge is 2.13. The molecular formula is C14H16ClN3. The molecule has 0 spiro atoms. The smallest absolute Gasteiger partial charge is 0.0765 e. The van der Waals surface area contributed by atoms with Crippen molar-refractivity contribution in [3.8, 4) is 0 Å². The number of rotatable bonds is 5. The number of benzene rings is 1. The lowest BCUT2D eigenvalue weighted by molar-refractivity contribution is 0.580. The summed E-state index contributed by atoms with van der Waals surface area (Å²) >= 11 is 6.17. The van der Waals surface area contributed by atoms with Gasteiger partial charge in [0.15, 0.2) is 0 Å². The largest absolute Gasteiger partial charge is 0.329 e. The molecule has 3 nitrogen and oxygen atoms in total. The summed E-state index contributed by atoms with van der Waals surface area (Å²) in [6, 6.07) is 7.77. The van der Waals surface area contributed by atoms with Crippen molar-refractivity contribution in [1.82, 2.24) is 10.3 Å². The third-order valence-corrected chi connectivity index (χ3v) is 3.20. The molecule has 1 aromatic heterocycles. The van der Waals surface area contributed by atoms with Crippen LogP contribution in [-0.4, -0.2) is 18.1 Å². The van der Waals surface area contributed by atoms with Gasteiger partial charge in [0.05, 0.1) is 5.52 Å². The Labute approximate surface area is 112 Å². The molecule has 18 heavy (non-hydrogen) atoms. The maximum absolute atomic E-state index is 6.17. The number of fused-ring (bicyclic) bond motifs is 1. The molecule has 1 heterocycles. The minimum atomic E-state index is 0.0534. The van der Waals surface area contributed by atoms with Gasteiger partial charge in [-0.25, -0.2) is 0 Å². The molecule has 0 radical (unpaired) electrons. The Morgan fingerprint density at radius 3 is 3.00 bits per heavy atom. The second-order valence-corrected chi connectivity index (χ2v) is 4.43. The van der Waals surface area contributed by atoms with Crippen LogP contribution >= 0.6 is 11.6 Å². The summed E-state index contributed by atoms with van der Waals surface area (Å²) in [5.41, 5.74) is 7.79. The van der Waals surface area contributed by atoms with Crippen molar-refractivity contribution >= 4 is 22.5 Å². The lowest BCUT2D eigenvalue weighted by atomic mass is 10.0. The number of pyridine rings is 1. The molecule has 0 amide bonds. The Morgan fingerprint density at radius 1 is 1.44 bits per heavy atom. The molecule has 1 unspecified atom stereocenters. The predicted octanol–water partition coefficient (Wildman–Crippen LogP) is 2.66. The molecule has 0 saturated heterocycles. The summed E-state index contributed by atoms with van der Waals surface area (Å²) < 4.78 is 0. The topological polar surface area (TPSA) is 50.9 Å². The Kier molecular flexibility index (Phi) is 4.31. The number of aromatic nitrogens is 1. The predicted molar refractivity (Wildman–Crippen MR) is 76.7 cm³/mol. The zero-order chi connectivity index (χ0) is 13.0. The summed E-state index contributed by atoms with van der Waals surface area (Å²) in [6.45, 7) is 4.91. The Hall–Kier alpha value is -1.42. The second-order valence-electron chi connectivity index (χ2n) is 4.02. The first-order chi connectivity index (χ1) is 8.77. The van der Waals surface area contributed by atoms with E-state index >= 15 is 0 Å². The van der Waals surface area contributed by atoms with Crippen LogP contribution in [0.5, 0.6) is 0 Å². The third-order valence-electron chi connectivity index (χ3n) is 2.87. The van der Waals surface area contributed by atoms with Crippen molar-refractivity contribution in [3.63, 3.8) is 0 Å². The number of nitrogens with one attached hydrogen (secondary N) is 1. The molecule has 0 saturated carbocycles. The molecule has 4 heteroatoms. The van der Waals surface area contributed by atoms with Crippen LogP contribution in [0, 0.1) is 0 Å². The first-order valence-corrected chi connectivity index (χ1v) is 6.23. The number of hydrogen-bond donors (Lipinski definition) is 2. The molecule has 0 aliphatic rings. The average Bonchev–Trinajstić information content (AvgIpc) is 2.42. The van der Waals surface area contributed by atoms with Gasteiger partial charge in [0, 0.05) is 35.7 Å². The fraction of sp³-hybridized carbons (Fsp3) is 0.214. The van der Waals surface area contributed by atoms with Gasteiger partial charge in [0.2, 0.25) is 0 Å². The average molecular weight is 262 g/mol. The maximum Gasteiger partial charge on any atom is 0.0765 e. The molecule has 0 aliphatic heterocycles. The highest BCUT2D eigenvalue weighted by molar-refractivity contribution is 6.35. The van der Waals surface area contributed by atoms with Gasteiger partial charge in [0.25, 0.3) is 0 Å². The van der Waals surface area contributed by atoms with Crippen LogP contribution in [0.4, 0.5) is 0 Å². The molecule has 2 aromatic rings. The summed E-state index contributed by atoms with van der Waals surface area (Å²) in [6.07, 6.45) is 3.58. The van der Waals surface area contributed by atoms with Crippen LogP contribution in [0.3, 0.4) is 0 Å². The van der Waals surface area contributed by atoms with E-state index in [1.54, 1.807) is 6.20 Å². The van der Waals surface area contributed by atoms with E-state index in [2.05, 4.69) is 16.9 Å². The highest BCUT2D eigenvalue weighted by atomic mass is 35.5. The van der Waals surface area contributed by atoms with Gasteiger partial charge in [-0.1, -0.05) is 23.7 Å². The van der Waals surface area contributed by atoms with Crippen molar-refractivity contribution in [2.75, 3.05) is 13.1 Å². The zero-order valence-corrected chi connectivity index (χ0v) is 10.8. The van der Waals surface area contributed by atoms with Gasteiger partial charge < -0.3 is 11.1 Å². The monoisotopic (exact) mass is 261 g/mol. The Balaban J connectivity index is 2.49. The van der Waals surface area contributed by atoms with E-state index in [9.17, 15) is 0 Å². The van der Waals surface area contributed by atoms with E-state index in [1.165, 1.54) is 0 Å². The molecule has 1 atom stereocenters. The van der Waals surface area contributed by atoms with Crippen LogP contribution in [-0.2, 0) is 0 Å². The van der Waals surface area contributed by atoms with Gasteiger partial charge in [-0.3, -0.25) is 4.98 Å². The summed E-state index contributed by atoms with van der Waals surface area (Å²) in [5, 5.41) is 4.98. The maximum atomic E-state index is 6.17. The van der Waals surface area contributed by atoms with Gasteiger partial charge in [-0.15, -0.1) is 6.58 Å². The number of nitrogens with two attached hydrogens (primary N) is 1. The van der Waals surface area contributed by atoms with Crippen molar-refractivity contribution < 1.29 is 0 Å². The first kappa shape index (κ1) is 13.0. The second kappa shape index (κ2) is 5.96. The van der Waals surface area contributed by atoms with Crippen molar-refractivity contribution in [2.24, 2.45) is 5.73 Å². The lowest BCUT2D eigenvalue weighted by Crippen LogP contribution is -2.28.